The van der Waals surface area contributed by atoms with Gasteiger partial charge in [0.15, 0.2) is 0 Å². The van der Waals surface area contributed by atoms with Gasteiger partial charge in [-0.25, -0.2) is 9.78 Å². The number of benzene rings is 1. The number of carbonyl (C=O) groups excluding carboxylic acids is 6. The number of nitrogens with one attached hydrogen (secondary N) is 8. The smallest absolute Gasteiger partial charge is 0.328 e. The number of hydrogen-bond acceptors (Lipinski definition) is 11. The first-order valence-electron chi connectivity index (χ1n) is 21.3. The maximum Gasteiger partial charge on any atom is 0.328 e. The number of carboxylic acid groups (broad SMARTS) is 1. The van der Waals surface area contributed by atoms with Gasteiger partial charge in [0, 0.05) is 41.8 Å². The highest BCUT2D eigenvalue weighted by molar-refractivity contribution is 7.98. The molecule has 0 spiro atoms. The van der Waals surface area contributed by atoms with Crippen LogP contribution >= 0.6 is 11.8 Å². The maximum absolute atomic E-state index is 14.5. The Bertz CT molecular complexity index is 1970. The molecule has 0 radical (unpaired) electrons. The van der Waals surface area contributed by atoms with Crippen molar-refractivity contribution in [2.45, 2.75) is 122 Å². The van der Waals surface area contributed by atoms with Gasteiger partial charge < -0.3 is 57.8 Å². The summed E-state index contributed by atoms with van der Waals surface area (Å²) in [5, 5.41) is 35.9. The number of rotatable bonds is 27. The Kier molecular flexibility index (Phi) is 21.1. The predicted molar refractivity (Wildman–Crippen MR) is 240 cm³/mol. The topological polar surface area (TPSA) is 303 Å². The summed E-state index contributed by atoms with van der Waals surface area (Å²) in [7, 11) is 0. The minimum Gasteiger partial charge on any atom is -0.480 e. The fourth-order valence-corrected chi connectivity index (χ4v) is 7.33. The van der Waals surface area contributed by atoms with Crippen LogP contribution in [-0.2, 0) is 46.4 Å². The molecule has 0 bridgehead atoms. The monoisotopic (exact) mass is 898 g/mol. The minimum atomic E-state index is -1.64. The van der Waals surface area contributed by atoms with Gasteiger partial charge in [0.25, 0.3) is 0 Å². The molecule has 3 rings (SSSR count). The zero-order chi connectivity index (χ0) is 46.8. The lowest BCUT2D eigenvalue weighted by Gasteiger charge is -2.29. The Morgan fingerprint density at radius 3 is 1.79 bits per heavy atom. The van der Waals surface area contributed by atoms with Gasteiger partial charge in [0.05, 0.1) is 19.0 Å². The number of fused-ring (bicyclic) bond motifs is 1. The van der Waals surface area contributed by atoms with Gasteiger partial charge in [-0.05, 0) is 60.7 Å². The van der Waals surface area contributed by atoms with Crippen LogP contribution in [0.5, 0.6) is 0 Å². The molecule has 0 fully saturated rings. The van der Waals surface area contributed by atoms with E-state index in [0.29, 0.717) is 29.9 Å². The van der Waals surface area contributed by atoms with Crippen molar-refractivity contribution in [3.05, 3.63) is 54.2 Å². The number of nitrogens with two attached hydrogens (primary N) is 1. The average molecular weight is 899 g/mol. The summed E-state index contributed by atoms with van der Waals surface area (Å²) < 4.78 is 0. The number of H-pyrrole nitrogens is 2. The van der Waals surface area contributed by atoms with Crippen LogP contribution in [0.1, 0.15) is 78.5 Å². The molecule has 8 atom stereocenters. The van der Waals surface area contributed by atoms with E-state index in [1.54, 1.807) is 18.0 Å². The van der Waals surface area contributed by atoms with E-state index in [1.165, 1.54) is 12.5 Å². The summed E-state index contributed by atoms with van der Waals surface area (Å²) >= 11 is 1.55. The molecular formula is C43H66N10O9S. The van der Waals surface area contributed by atoms with E-state index in [-0.39, 0.29) is 43.4 Å². The summed E-state index contributed by atoms with van der Waals surface area (Å²) in [5.74, 6) is -5.49. The largest absolute Gasteiger partial charge is 0.480 e. The van der Waals surface area contributed by atoms with Crippen LogP contribution in [0.3, 0.4) is 0 Å². The van der Waals surface area contributed by atoms with Gasteiger partial charge in [-0.15, -0.1) is 0 Å². The van der Waals surface area contributed by atoms with Gasteiger partial charge in [-0.1, -0.05) is 66.2 Å². The third-order valence-corrected chi connectivity index (χ3v) is 11.2. The van der Waals surface area contributed by atoms with Crippen molar-refractivity contribution in [1.82, 2.24) is 46.9 Å². The molecule has 0 aliphatic heterocycles. The Labute approximate surface area is 372 Å². The average Bonchev–Trinajstić information content (AvgIpc) is 3.91. The number of aromatic nitrogens is 3. The van der Waals surface area contributed by atoms with Gasteiger partial charge in [-0.2, -0.15) is 11.8 Å². The van der Waals surface area contributed by atoms with E-state index in [0.717, 1.165) is 10.9 Å². The van der Waals surface area contributed by atoms with Gasteiger partial charge >= 0.3 is 5.97 Å². The first-order chi connectivity index (χ1) is 29.9. The minimum absolute atomic E-state index is 0.0258. The predicted octanol–water partition coefficient (Wildman–Crippen LogP) is 0.881. The number of carboxylic acids is 1. The Balaban J connectivity index is 1.95. The fraction of sp³-hybridized carbons (Fsp3) is 0.581. The summed E-state index contributed by atoms with van der Waals surface area (Å²) in [6.45, 7) is 10.2. The summed E-state index contributed by atoms with van der Waals surface area (Å²) in [6.07, 6.45) is 7.51. The molecule has 2 heterocycles. The van der Waals surface area contributed by atoms with Gasteiger partial charge in [0.1, 0.15) is 36.3 Å². The zero-order valence-corrected chi connectivity index (χ0v) is 38.0. The molecule has 0 aliphatic rings. The van der Waals surface area contributed by atoms with E-state index >= 15 is 0 Å². The first-order valence-corrected chi connectivity index (χ1v) is 22.7. The van der Waals surface area contributed by atoms with E-state index in [4.69, 9.17) is 5.73 Å². The molecule has 6 amide bonds. The normalized spacial score (nSPS) is 15.3. The maximum atomic E-state index is 14.5. The standard InChI is InChI=1S/C43H66N10O9S/c1-8-25(6)36(53-37(55)29(44)13-14-63-7)42(60)51-32(16-24(4)5)39(57)49-33(17-26-19-46-30-12-10-9-11-28(26)30)40(58)48-31(15-23(2)3)38(56)50-34(18-27-20-45-22-47-27)41(59)52-35(21-54)43(61)62/h9-12,19-20,22-25,29,31-36,46,54H,8,13-18,21,44H2,1-7H3,(H,45,47)(H,48,58)(H,49,57)(H,50,56)(H,51,60)(H,52,59)(H,53,55)(H,61,62)/t25-,29-,31-,32-,33-,34-,35-,36-/m0/s1. The quantitative estimate of drug-likeness (QED) is 0.0509. The summed E-state index contributed by atoms with van der Waals surface area (Å²) in [4.78, 5) is 105. The third-order valence-electron chi connectivity index (χ3n) is 10.6. The van der Waals surface area contributed by atoms with Crippen LogP contribution in [0.25, 0.3) is 10.9 Å². The van der Waals surface area contributed by atoms with E-state index in [9.17, 15) is 43.8 Å². The molecule has 20 heteroatoms. The van der Waals surface area contributed by atoms with Gasteiger partial charge in [0.2, 0.25) is 35.4 Å². The molecule has 63 heavy (non-hydrogen) atoms. The number of aliphatic hydroxyl groups excluding tert-OH is 1. The number of nitrogens with zero attached hydrogens (tertiary/aromatic N) is 1. The molecular weight excluding hydrogens is 833 g/mol. The van der Waals surface area contributed by atoms with E-state index in [2.05, 4.69) is 46.9 Å². The van der Waals surface area contributed by atoms with E-state index < -0.39 is 90.3 Å². The molecule has 19 nitrogen and oxygen atoms in total. The highest BCUT2D eigenvalue weighted by Crippen LogP contribution is 2.20. The molecule has 3 aromatic rings. The molecule has 0 aliphatic carbocycles. The third kappa shape index (κ3) is 16.3. The number of aliphatic hydroxyl groups is 1. The summed E-state index contributed by atoms with van der Waals surface area (Å²) in [6, 6.07) is -1.06. The lowest BCUT2D eigenvalue weighted by atomic mass is 9.96. The number of imidazole rings is 1. The highest BCUT2D eigenvalue weighted by atomic mass is 32.2. The second-order valence-corrected chi connectivity index (χ2v) is 17.7. The number of amides is 6. The number of para-hydroxylation sites is 1. The van der Waals surface area contributed by atoms with Crippen molar-refractivity contribution < 1.29 is 43.8 Å². The number of thioether (sulfide) groups is 1. The number of aromatic amines is 2. The van der Waals surface area contributed by atoms with Crippen molar-refractivity contribution in [2.75, 3.05) is 18.6 Å². The number of aliphatic carboxylic acids is 1. The van der Waals surface area contributed by atoms with Crippen LogP contribution in [-0.4, -0.2) is 127 Å². The second-order valence-electron chi connectivity index (χ2n) is 16.7. The van der Waals surface area contributed by atoms with Crippen LogP contribution in [0.15, 0.2) is 43.0 Å². The van der Waals surface area contributed by atoms with Crippen molar-refractivity contribution in [3.63, 3.8) is 0 Å². The molecule has 0 saturated carbocycles. The van der Waals surface area contributed by atoms with Crippen molar-refractivity contribution in [3.8, 4) is 0 Å². The lowest BCUT2D eigenvalue weighted by Crippen LogP contribution is -2.61. The first kappa shape index (κ1) is 51.9. The second kappa shape index (κ2) is 25.6. The zero-order valence-electron chi connectivity index (χ0n) is 37.2. The van der Waals surface area contributed by atoms with Crippen molar-refractivity contribution in [2.24, 2.45) is 23.5 Å². The SMILES string of the molecule is CC[C@H](C)[C@H](NC(=O)[C@@H](N)CCSC)C(=O)N[C@@H](CC(C)C)C(=O)N[C@@H](Cc1c[nH]c2ccccc12)C(=O)N[C@@H](CC(C)C)C(=O)N[C@@H](Cc1cnc[nH]1)C(=O)N[C@@H](CO)C(=O)O. The molecule has 0 unspecified atom stereocenters. The Morgan fingerprint density at radius 1 is 0.730 bits per heavy atom. The summed E-state index contributed by atoms with van der Waals surface area (Å²) in [5.41, 5.74) is 8.04. The van der Waals surface area contributed by atoms with E-state index in [1.807, 2.05) is 72.1 Å². The molecule has 0 saturated heterocycles. The van der Waals surface area contributed by atoms with Crippen LogP contribution in [0, 0.1) is 17.8 Å². The lowest BCUT2D eigenvalue weighted by molar-refractivity contribution is -0.143. The fourth-order valence-electron chi connectivity index (χ4n) is 6.84. The highest BCUT2D eigenvalue weighted by Gasteiger charge is 2.35. The van der Waals surface area contributed by atoms with Crippen molar-refractivity contribution >= 4 is 64.1 Å². The van der Waals surface area contributed by atoms with Crippen LogP contribution in [0.2, 0.25) is 0 Å². The Hall–Kier alpha value is -5.47. The molecule has 2 aromatic heterocycles. The van der Waals surface area contributed by atoms with Crippen LogP contribution < -0.4 is 37.6 Å². The van der Waals surface area contributed by atoms with Crippen LogP contribution in [0.4, 0.5) is 0 Å². The number of hydrogen-bond donors (Lipinski definition) is 11. The Morgan fingerprint density at radius 2 is 1.27 bits per heavy atom. The number of carbonyl (C=O) groups is 7. The van der Waals surface area contributed by atoms with Crippen molar-refractivity contribution in [1.29, 1.82) is 0 Å². The molecule has 1 aromatic carbocycles. The van der Waals surface area contributed by atoms with Gasteiger partial charge in [-0.3, -0.25) is 28.8 Å². The molecule has 348 valence electrons. The molecule has 12 N–H and O–H groups in total.